The van der Waals surface area contributed by atoms with Gasteiger partial charge in [0.15, 0.2) is 0 Å². The van der Waals surface area contributed by atoms with Gasteiger partial charge < -0.3 is 14.8 Å². The van der Waals surface area contributed by atoms with Gasteiger partial charge in [0.1, 0.15) is 16.9 Å². The summed E-state index contributed by atoms with van der Waals surface area (Å²) in [5.41, 5.74) is 12.2. The van der Waals surface area contributed by atoms with Crippen LogP contribution in [0.2, 0.25) is 0 Å². The van der Waals surface area contributed by atoms with Crippen molar-refractivity contribution in [2.45, 2.75) is 0 Å². The quantitative estimate of drug-likeness (QED) is 0.192. The van der Waals surface area contributed by atoms with E-state index in [-0.39, 0.29) is 5.75 Å². The van der Waals surface area contributed by atoms with Gasteiger partial charge in [-0.05, 0) is 98.2 Å². The fraction of sp³-hybridized carbons (Fsp3) is 0. The number of furan rings is 1. The molecule has 0 unspecified atom stereocenters. The minimum Gasteiger partial charge on any atom is -0.507 e. The zero-order valence-corrected chi connectivity index (χ0v) is 26.6. The van der Waals surface area contributed by atoms with E-state index in [2.05, 4.69) is 115 Å². The van der Waals surface area contributed by atoms with Crippen molar-refractivity contribution in [2.24, 2.45) is 0 Å². The summed E-state index contributed by atoms with van der Waals surface area (Å²) in [5.74, 6) is 0.266. The molecule has 2 N–H and O–H groups in total. The number of hydrogen-bond donors (Lipinski definition) is 2. The average molecular weight is 630 g/mol. The lowest BCUT2D eigenvalue weighted by atomic mass is 9.95. The molecule has 0 spiro atoms. The second-order valence-corrected chi connectivity index (χ2v) is 12.4. The Kier molecular flexibility index (Phi) is 6.95. The van der Waals surface area contributed by atoms with E-state index in [0.29, 0.717) is 0 Å². The Morgan fingerprint density at radius 1 is 0.388 bits per heavy atom. The van der Waals surface area contributed by atoms with Gasteiger partial charge in [0.05, 0.1) is 11.1 Å². The van der Waals surface area contributed by atoms with Gasteiger partial charge >= 0.3 is 0 Å². The fourth-order valence-corrected chi connectivity index (χ4v) is 6.92. The number of anilines is 2. The van der Waals surface area contributed by atoms with Crippen LogP contribution in [0.15, 0.2) is 180 Å². The van der Waals surface area contributed by atoms with Crippen LogP contribution in [0.25, 0.3) is 77.2 Å². The molecular formula is C46H31NO2. The van der Waals surface area contributed by atoms with Crippen molar-refractivity contribution in [1.82, 2.24) is 0 Å². The number of phenols is 1. The predicted molar refractivity (Wildman–Crippen MR) is 204 cm³/mol. The predicted octanol–water partition coefficient (Wildman–Crippen LogP) is 12.9. The summed E-state index contributed by atoms with van der Waals surface area (Å²) in [4.78, 5) is 0. The Morgan fingerprint density at radius 2 is 1.00 bits per heavy atom. The number of aromatic hydroxyl groups is 1. The molecule has 9 aromatic rings. The monoisotopic (exact) mass is 629 g/mol. The minimum absolute atomic E-state index is 0.266. The smallest absolute Gasteiger partial charge is 0.137 e. The van der Waals surface area contributed by atoms with Crippen molar-refractivity contribution in [3.05, 3.63) is 176 Å². The van der Waals surface area contributed by atoms with Crippen molar-refractivity contribution in [3.8, 4) is 50.3 Å². The molecule has 49 heavy (non-hydrogen) atoms. The van der Waals surface area contributed by atoms with Crippen LogP contribution in [0.5, 0.6) is 5.75 Å². The van der Waals surface area contributed by atoms with Crippen molar-refractivity contribution in [1.29, 1.82) is 0 Å². The SMILES string of the molecule is Oc1ccc(-c2cccc(Nc3cccc4oc5cccc(-c6ccc(-c7ccc8ccccc8c7)cc6)c5c34)c2)cc1-c1ccccc1. The lowest BCUT2D eigenvalue weighted by molar-refractivity contribution is 0.477. The molecule has 0 saturated heterocycles. The zero-order valence-electron chi connectivity index (χ0n) is 26.6. The third kappa shape index (κ3) is 5.28. The van der Waals surface area contributed by atoms with Crippen molar-refractivity contribution in [2.75, 3.05) is 5.32 Å². The average Bonchev–Trinajstić information content (AvgIpc) is 3.55. The molecule has 0 aliphatic carbocycles. The van der Waals surface area contributed by atoms with E-state index in [1.807, 2.05) is 60.7 Å². The van der Waals surface area contributed by atoms with Crippen LogP contribution in [0.4, 0.5) is 11.4 Å². The van der Waals surface area contributed by atoms with E-state index in [1.54, 1.807) is 6.07 Å². The van der Waals surface area contributed by atoms with Gasteiger partial charge in [0.25, 0.3) is 0 Å². The first-order valence-electron chi connectivity index (χ1n) is 16.5. The Hall–Kier alpha value is -6.58. The van der Waals surface area contributed by atoms with Gasteiger partial charge in [0, 0.05) is 16.6 Å². The minimum atomic E-state index is 0.266. The van der Waals surface area contributed by atoms with Crippen LogP contribution in [0.1, 0.15) is 0 Å². The second kappa shape index (κ2) is 11.9. The molecule has 3 nitrogen and oxygen atoms in total. The second-order valence-electron chi connectivity index (χ2n) is 12.4. The standard InChI is InChI=1S/C46H31NO2/c48-42-26-25-37(29-40(42)32-10-2-1-3-11-32)35-13-6-14-38(28-35)47-41-16-8-18-44-46(41)45-39(15-7-17-43(45)49-44)33-22-19-31(20-23-33)36-24-21-30-9-4-5-12-34(30)27-36/h1-29,47-48H. The number of phenolic OH excluding ortho intramolecular Hbond substituents is 1. The highest BCUT2D eigenvalue weighted by Crippen LogP contribution is 2.42. The molecule has 0 bridgehead atoms. The maximum Gasteiger partial charge on any atom is 0.137 e. The molecule has 1 heterocycles. The molecule has 0 aliphatic rings. The lowest BCUT2D eigenvalue weighted by Gasteiger charge is -2.12. The topological polar surface area (TPSA) is 45.4 Å². The van der Waals surface area contributed by atoms with Crippen LogP contribution in [0.3, 0.4) is 0 Å². The van der Waals surface area contributed by atoms with Gasteiger partial charge in [-0.3, -0.25) is 0 Å². The number of hydrogen-bond acceptors (Lipinski definition) is 3. The fourth-order valence-electron chi connectivity index (χ4n) is 6.92. The van der Waals surface area contributed by atoms with Gasteiger partial charge in [0.2, 0.25) is 0 Å². The number of benzene rings is 8. The summed E-state index contributed by atoms with van der Waals surface area (Å²) in [7, 11) is 0. The van der Waals surface area contributed by atoms with E-state index in [1.165, 1.54) is 21.9 Å². The zero-order chi connectivity index (χ0) is 32.7. The number of fused-ring (bicyclic) bond motifs is 4. The van der Waals surface area contributed by atoms with Crippen LogP contribution in [-0.2, 0) is 0 Å². The van der Waals surface area contributed by atoms with Gasteiger partial charge in [-0.25, -0.2) is 0 Å². The summed E-state index contributed by atoms with van der Waals surface area (Å²) < 4.78 is 6.42. The molecular weight excluding hydrogens is 599 g/mol. The first-order chi connectivity index (χ1) is 24.2. The molecule has 0 radical (unpaired) electrons. The molecule has 9 rings (SSSR count). The van der Waals surface area contributed by atoms with E-state index in [9.17, 15) is 5.11 Å². The molecule has 0 aliphatic heterocycles. The Balaban J connectivity index is 1.08. The summed E-state index contributed by atoms with van der Waals surface area (Å²) in [6.45, 7) is 0. The van der Waals surface area contributed by atoms with E-state index >= 15 is 0 Å². The van der Waals surface area contributed by atoms with Crippen LogP contribution in [-0.4, -0.2) is 5.11 Å². The summed E-state index contributed by atoms with van der Waals surface area (Å²) >= 11 is 0. The Labute approximate surface area is 284 Å². The molecule has 232 valence electrons. The number of rotatable bonds is 6. The molecule has 0 fully saturated rings. The Morgan fingerprint density at radius 3 is 1.86 bits per heavy atom. The highest BCUT2D eigenvalue weighted by Gasteiger charge is 2.16. The Bertz CT molecular complexity index is 2640. The van der Waals surface area contributed by atoms with E-state index < -0.39 is 0 Å². The highest BCUT2D eigenvalue weighted by molar-refractivity contribution is 6.17. The van der Waals surface area contributed by atoms with Crippen LogP contribution in [0, 0.1) is 0 Å². The maximum atomic E-state index is 10.6. The van der Waals surface area contributed by atoms with Gasteiger partial charge in [-0.2, -0.15) is 0 Å². The molecule has 1 aromatic heterocycles. The van der Waals surface area contributed by atoms with Gasteiger partial charge in [-0.15, -0.1) is 0 Å². The van der Waals surface area contributed by atoms with Crippen LogP contribution >= 0.6 is 0 Å². The van der Waals surface area contributed by atoms with Gasteiger partial charge in [-0.1, -0.05) is 127 Å². The largest absolute Gasteiger partial charge is 0.507 e. The normalized spacial score (nSPS) is 11.3. The summed E-state index contributed by atoms with van der Waals surface area (Å²) in [5, 5.41) is 19.0. The molecule has 8 aromatic carbocycles. The number of nitrogens with one attached hydrogen (secondary N) is 1. The third-order valence-electron chi connectivity index (χ3n) is 9.36. The van der Waals surface area contributed by atoms with Crippen molar-refractivity contribution in [3.63, 3.8) is 0 Å². The summed E-state index contributed by atoms with van der Waals surface area (Å²) in [6, 6.07) is 60.5. The van der Waals surface area contributed by atoms with Crippen molar-refractivity contribution >= 4 is 44.1 Å². The van der Waals surface area contributed by atoms with Crippen molar-refractivity contribution < 1.29 is 9.52 Å². The third-order valence-corrected chi connectivity index (χ3v) is 9.36. The lowest BCUT2D eigenvalue weighted by Crippen LogP contribution is -1.92. The molecule has 0 amide bonds. The van der Waals surface area contributed by atoms with E-state index in [0.717, 1.165) is 66.7 Å². The van der Waals surface area contributed by atoms with E-state index in [4.69, 9.17) is 4.42 Å². The first kappa shape index (κ1) is 28.6. The molecule has 0 atom stereocenters. The first-order valence-corrected chi connectivity index (χ1v) is 16.5. The molecule has 3 heteroatoms. The summed E-state index contributed by atoms with van der Waals surface area (Å²) in [6.07, 6.45) is 0. The highest BCUT2D eigenvalue weighted by atomic mass is 16.3. The maximum absolute atomic E-state index is 10.6. The van der Waals surface area contributed by atoms with Crippen LogP contribution < -0.4 is 5.32 Å². The molecule has 0 saturated carbocycles.